The lowest BCUT2D eigenvalue weighted by molar-refractivity contribution is 0.445. The molecule has 1 aromatic heterocycles. The molecule has 0 fully saturated rings. The molecule has 1 unspecified atom stereocenters. The highest BCUT2D eigenvalue weighted by atomic mass is 32.1. The highest BCUT2D eigenvalue weighted by Gasteiger charge is 2.12. The minimum Gasteiger partial charge on any atom is -0.309 e. The quantitative estimate of drug-likeness (QED) is 0.768. The molecule has 1 rings (SSSR count). The molecule has 1 N–H and O–H groups in total. The SMILES string of the molecule is CCCNC(CCC(C)C)c1cncs1. The van der Waals surface area contributed by atoms with E-state index in [4.69, 9.17) is 0 Å². The predicted molar refractivity (Wildman–Crippen MR) is 67.2 cm³/mol. The Balaban J connectivity index is 2.46. The lowest BCUT2D eigenvalue weighted by Gasteiger charge is -2.17. The zero-order valence-electron chi connectivity index (χ0n) is 9.99. The van der Waals surface area contributed by atoms with Crippen LogP contribution in [-0.2, 0) is 0 Å². The summed E-state index contributed by atoms with van der Waals surface area (Å²) in [5.41, 5.74) is 1.92. The number of rotatable bonds is 7. The third kappa shape index (κ3) is 4.76. The van der Waals surface area contributed by atoms with Crippen LogP contribution in [0, 0.1) is 5.92 Å². The minimum atomic E-state index is 0.514. The monoisotopic (exact) mass is 226 g/mol. The summed E-state index contributed by atoms with van der Waals surface area (Å²) in [7, 11) is 0. The van der Waals surface area contributed by atoms with Gasteiger partial charge in [0.1, 0.15) is 0 Å². The Morgan fingerprint density at radius 2 is 2.20 bits per heavy atom. The fourth-order valence-electron chi connectivity index (χ4n) is 1.56. The molecule has 1 aromatic rings. The molecule has 0 saturated carbocycles. The highest BCUT2D eigenvalue weighted by molar-refractivity contribution is 7.09. The first-order valence-electron chi connectivity index (χ1n) is 5.85. The van der Waals surface area contributed by atoms with Crippen LogP contribution >= 0.6 is 11.3 Å². The highest BCUT2D eigenvalue weighted by Crippen LogP contribution is 2.23. The van der Waals surface area contributed by atoms with Crippen molar-refractivity contribution in [3.8, 4) is 0 Å². The molecular formula is C12H22N2S. The summed E-state index contributed by atoms with van der Waals surface area (Å²) in [6, 6.07) is 0.514. The lowest BCUT2D eigenvalue weighted by Crippen LogP contribution is -2.21. The molecule has 0 aliphatic rings. The number of thiazole rings is 1. The second kappa shape index (κ2) is 6.96. The van der Waals surface area contributed by atoms with Crippen molar-refractivity contribution in [3.63, 3.8) is 0 Å². The van der Waals surface area contributed by atoms with Crippen molar-refractivity contribution in [3.05, 3.63) is 16.6 Å². The zero-order valence-corrected chi connectivity index (χ0v) is 10.8. The second-order valence-electron chi connectivity index (χ2n) is 4.38. The summed E-state index contributed by atoms with van der Waals surface area (Å²) in [5, 5.41) is 3.60. The van der Waals surface area contributed by atoms with Gasteiger partial charge in [0, 0.05) is 17.1 Å². The Labute approximate surface area is 97.1 Å². The van der Waals surface area contributed by atoms with Crippen molar-refractivity contribution in [2.24, 2.45) is 5.92 Å². The molecule has 0 bridgehead atoms. The lowest BCUT2D eigenvalue weighted by atomic mass is 10.0. The molecule has 3 heteroatoms. The van der Waals surface area contributed by atoms with E-state index >= 15 is 0 Å². The van der Waals surface area contributed by atoms with Crippen LogP contribution in [0.2, 0.25) is 0 Å². The van der Waals surface area contributed by atoms with Crippen molar-refractivity contribution in [2.45, 2.75) is 46.1 Å². The van der Waals surface area contributed by atoms with Gasteiger partial charge < -0.3 is 5.32 Å². The van der Waals surface area contributed by atoms with E-state index < -0.39 is 0 Å². The van der Waals surface area contributed by atoms with Gasteiger partial charge in [-0.25, -0.2) is 0 Å². The molecule has 86 valence electrons. The van der Waals surface area contributed by atoms with E-state index in [2.05, 4.69) is 31.1 Å². The largest absolute Gasteiger partial charge is 0.309 e. The number of hydrogen-bond donors (Lipinski definition) is 1. The van der Waals surface area contributed by atoms with E-state index in [-0.39, 0.29) is 0 Å². The first-order valence-corrected chi connectivity index (χ1v) is 6.73. The van der Waals surface area contributed by atoms with E-state index in [1.54, 1.807) is 11.3 Å². The number of hydrogen-bond acceptors (Lipinski definition) is 3. The van der Waals surface area contributed by atoms with Gasteiger partial charge in [-0.05, 0) is 31.7 Å². The van der Waals surface area contributed by atoms with Crippen molar-refractivity contribution < 1.29 is 0 Å². The molecule has 0 aliphatic heterocycles. The van der Waals surface area contributed by atoms with Crippen LogP contribution in [0.4, 0.5) is 0 Å². The molecule has 15 heavy (non-hydrogen) atoms. The van der Waals surface area contributed by atoms with E-state index in [0.29, 0.717) is 6.04 Å². The van der Waals surface area contributed by atoms with Gasteiger partial charge in [0.15, 0.2) is 0 Å². The number of nitrogens with zero attached hydrogens (tertiary/aromatic N) is 1. The Morgan fingerprint density at radius 1 is 1.40 bits per heavy atom. The van der Waals surface area contributed by atoms with Crippen molar-refractivity contribution in [2.75, 3.05) is 6.54 Å². The molecule has 0 radical (unpaired) electrons. The number of aromatic nitrogens is 1. The van der Waals surface area contributed by atoms with Crippen LogP contribution in [0.1, 0.15) is 51.0 Å². The molecule has 0 saturated heterocycles. The summed E-state index contributed by atoms with van der Waals surface area (Å²) in [6.07, 6.45) is 5.69. The Hall–Kier alpha value is -0.410. The predicted octanol–water partition coefficient (Wildman–Crippen LogP) is 3.62. The Morgan fingerprint density at radius 3 is 2.73 bits per heavy atom. The topological polar surface area (TPSA) is 24.9 Å². The van der Waals surface area contributed by atoms with E-state index in [9.17, 15) is 0 Å². The van der Waals surface area contributed by atoms with Crippen molar-refractivity contribution in [1.29, 1.82) is 0 Å². The van der Waals surface area contributed by atoms with Crippen LogP contribution in [-0.4, -0.2) is 11.5 Å². The fraction of sp³-hybridized carbons (Fsp3) is 0.750. The van der Waals surface area contributed by atoms with Crippen LogP contribution in [0.3, 0.4) is 0 Å². The van der Waals surface area contributed by atoms with E-state index in [1.165, 1.54) is 24.1 Å². The summed E-state index contributed by atoms with van der Waals surface area (Å²) >= 11 is 1.76. The Kier molecular flexibility index (Phi) is 5.88. The van der Waals surface area contributed by atoms with Gasteiger partial charge in [-0.15, -0.1) is 11.3 Å². The molecule has 0 spiro atoms. The third-order valence-corrected chi connectivity index (χ3v) is 3.36. The molecule has 1 atom stereocenters. The van der Waals surface area contributed by atoms with Crippen LogP contribution < -0.4 is 5.32 Å². The van der Waals surface area contributed by atoms with Gasteiger partial charge in [0.2, 0.25) is 0 Å². The average molecular weight is 226 g/mol. The van der Waals surface area contributed by atoms with Gasteiger partial charge in [-0.1, -0.05) is 20.8 Å². The molecule has 1 heterocycles. The van der Waals surface area contributed by atoms with Crippen LogP contribution in [0.15, 0.2) is 11.7 Å². The summed E-state index contributed by atoms with van der Waals surface area (Å²) in [5.74, 6) is 0.781. The summed E-state index contributed by atoms with van der Waals surface area (Å²) in [6.45, 7) is 7.87. The standard InChI is InChI=1S/C12H22N2S/c1-4-7-14-11(6-5-10(2)3)12-8-13-9-15-12/h8-11,14H,4-7H2,1-3H3. The van der Waals surface area contributed by atoms with Crippen LogP contribution in [0.5, 0.6) is 0 Å². The summed E-state index contributed by atoms with van der Waals surface area (Å²) < 4.78 is 0. The summed E-state index contributed by atoms with van der Waals surface area (Å²) in [4.78, 5) is 5.54. The minimum absolute atomic E-state index is 0.514. The fourth-order valence-corrected chi connectivity index (χ4v) is 2.29. The third-order valence-electron chi connectivity index (χ3n) is 2.47. The maximum Gasteiger partial charge on any atom is 0.0794 e. The first-order chi connectivity index (χ1) is 7.24. The second-order valence-corrected chi connectivity index (χ2v) is 5.30. The zero-order chi connectivity index (χ0) is 11.1. The molecule has 0 aliphatic carbocycles. The maximum atomic E-state index is 4.16. The van der Waals surface area contributed by atoms with Crippen molar-refractivity contribution >= 4 is 11.3 Å². The van der Waals surface area contributed by atoms with Gasteiger partial charge in [-0.2, -0.15) is 0 Å². The van der Waals surface area contributed by atoms with Crippen LogP contribution in [0.25, 0.3) is 0 Å². The molecule has 2 nitrogen and oxygen atoms in total. The van der Waals surface area contributed by atoms with Gasteiger partial charge in [0.05, 0.1) is 5.51 Å². The smallest absolute Gasteiger partial charge is 0.0794 e. The first kappa shape index (κ1) is 12.7. The number of nitrogens with one attached hydrogen (secondary N) is 1. The average Bonchev–Trinajstić information content (AvgIpc) is 2.71. The van der Waals surface area contributed by atoms with Crippen molar-refractivity contribution in [1.82, 2.24) is 10.3 Å². The van der Waals surface area contributed by atoms with Gasteiger partial charge >= 0.3 is 0 Å². The van der Waals surface area contributed by atoms with Gasteiger partial charge in [0.25, 0.3) is 0 Å². The Bertz CT molecular complexity index is 244. The molecule has 0 amide bonds. The molecular weight excluding hydrogens is 204 g/mol. The normalized spacial score (nSPS) is 13.3. The van der Waals surface area contributed by atoms with E-state index in [0.717, 1.165) is 12.5 Å². The molecule has 0 aromatic carbocycles. The van der Waals surface area contributed by atoms with Gasteiger partial charge in [-0.3, -0.25) is 4.98 Å². The van der Waals surface area contributed by atoms with E-state index in [1.807, 2.05) is 11.7 Å². The maximum absolute atomic E-state index is 4.16.